The minimum Gasteiger partial charge on any atom is -0.436 e. The minimum absolute atomic E-state index is 0.687. The van der Waals surface area contributed by atoms with Crippen LogP contribution in [0.5, 0.6) is 0 Å². The van der Waals surface area contributed by atoms with Crippen LogP contribution in [-0.4, -0.2) is 12.8 Å². The number of aliphatic imine (C=N–C) groups is 1. The molecule has 13 heavy (non-hydrogen) atoms. The Hall–Kier alpha value is -1.77. The smallest absolute Gasteiger partial charge is 0.243 e. The maximum atomic E-state index is 5.53. The Morgan fingerprint density at radius 3 is 3.23 bits per heavy atom. The van der Waals surface area contributed by atoms with Crippen molar-refractivity contribution in [1.29, 1.82) is 0 Å². The molecule has 2 heterocycles. The Labute approximate surface area is 75.1 Å². The molecule has 0 saturated carbocycles. The van der Waals surface area contributed by atoms with Gasteiger partial charge in [-0.25, -0.2) is 4.99 Å². The van der Waals surface area contributed by atoms with Crippen LogP contribution in [0.1, 0.15) is 0 Å². The lowest BCUT2D eigenvalue weighted by Crippen LogP contribution is -2.04. The Morgan fingerprint density at radius 2 is 2.23 bits per heavy atom. The molecule has 1 aliphatic heterocycles. The van der Waals surface area contributed by atoms with E-state index in [1.807, 2.05) is 30.5 Å². The van der Waals surface area contributed by atoms with Gasteiger partial charge in [-0.1, -0.05) is 12.1 Å². The topological polar surface area (TPSA) is 37.5 Å². The summed E-state index contributed by atoms with van der Waals surface area (Å²) in [7, 11) is 0. The molecule has 3 rings (SSSR count). The highest BCUT2D eigenvalue weighted by atomic mass is 16.3. The Kier molecular flexibility index (Phi) is 1.22. The third-order valence-electron chi connectivity index (χ3n) is 2.16. The van der Waals surface area contributed by atoms with Crippen LogP contribution in [0.4, 0.5) is 11.6 Å². The largest absolute Gasteiger partial charge is 0.436 e. The van der Waals surface area contributed by atoms with Crippen LogP contribution < -0.4 is 5.32 Å². The number of furan rings is 1. The fraction of sp³-hybridized carbons (Fsp3) is 0.100. The number of para-hydroxylation sites is 1. The molecule has 1 aliphatic rings. The van der Waals surface area contributed by atoms with Gasteiger partial charge < -0.3 is 9.73 Å². The molecule has 0 fully saturated rings. The maximum Gasteiger partial charge on any atom is 0.243 e. The first-order valence-corrected chi connectivity index (χ1v) is 4.23. The number of anilines is 1. The van der Waals surface area contributed by atoms with E-state index in [4.69, 9.17) is 4.42 Å². The van der Waals surface area contributed by atoms with Crippen molar-refractivity contribution < 1.29 is 4.42 Å². The van der Waals surface area contributed by atoms with E-state index in [1.54, 1.807) is 0 Å². The summed E-state index contributed by atoms with van der Waals surface area (Å²) in [5.41, 5.74) is 1.90. The average molecular weight is 172 g/mol. The van der Waals surface area contributed by atoms with Gasteiger partial charge in [0.15, 0.2) is 0 Å². The standard InChI is InChI=1S/C10H8N2O/c1-2-4-8-7(3-1)9-10(13-8)12-6-5-11-9/h1-4,6,11H,5H2. The van der Waals surface area contributed by atoms with Crippen molar-refractivity contribution in [3.63, 3.8) is 0 Å². The molecule has 1 aromatic carbocycles. The van der Waals surface area contributed by atoms with Crippen LogP contribution in [0.3, 0.4) is 0 Å². The van der Waals surface area contributed by atoms with E-state index >= 15 is 0 Å². The summed E-state index contributed by atoms with van der Waals surface area (Å²) in [4.78, 5) is 4.18. The summed E-state index contributed by atoms with van der Waals surface area (Å²) in [6, 6.07) is 7.94. The zero-order valence-electron chi connectivity index (χ0n) is 6.95. The number of nitrogens with one attached hydrogen (secondary N) is 1. The predicted molar refractivity (Wildman–Crippen MR) is 52.9 cm³/mol. The number of rotatable bonds is 0. The molecule has 0 unspecified atom stereocenters. The molecule has 0 amide bonds. The minimum atomic E-state index is 0.687. The third-order valence-corrected chi connectivity index (χ3v) is 2.16. The molecular weight excluding hydrogens is 164 g/mol. The molecule has 64 valence electrons. The summed E-state index contributed by atoms with van der Waals surface area (Å²) in [6.07, 6.45) is 1.81. The van der Waals surface area contributed by atoms with Crippen LogP contribution >= 0.6 is 0 Å². The van der Waals surface area contributed by atoms with Crippen molar-refractivity contribution in [2.24, 2.45) is 4.99 Å². The van der Waals surface area contributed by atoms with Gasteiger partial charge in [0.25, 0.3) is 0 Å². The molecule has 0 aliphatic carbocycles. The lowest BCUT2D eigenvalue weighted by molar-refractivity contribution is 0.626. The summed E-state index contributed by atoms with van der Waals surface area (Å²) in [6.45, 7) is 0.774. The van der Waals surface area contributed by atoms with Crippen molar-refractivity contribution in [3.05, 3.63) is 24.3 Å². The van der Waals surface area contributed by atoms with Crippen molar-refractivity contribution >= 4 is 28.8 Å². The van der Waals surface area contributed by atoms with Gasteiger partial charge in [-0.2, -0.15) is 0 Å². The summed E-state index contributed by atoms with van der Waals surface area (Å²) in [5.74, 6) is 0.687. The van der Waals surface area contributed by atoms with E-state index < -0.39 is 0 Å². The third kappa shape index (κ3) is 0.869. The fourth-order valence-corrected chi connectivity index (χ4v) is 1.57. The van der Waals surface area contributed by atoms with Crippen molar-refractivity contribution in [2.75, 3.05) is 11.9 Å². The summed E-state index contributed by atoms with van der Waals surface area (Å²) in [5, 5.41) is 4.35. The van der Waals surface area contributed by atoms with Gasteiger partial charge in [-0.15, -0.1) is 0 Å². The maximum absolute atomic E-state index is 5.53. The van der Waals surface area contributed by atoms with Crippen molar-refractivity contribution in [2.45, 2.75) is 0 Å². The highest BCUT2D eigenvalue weighted by molar-refractivity contribution is 5.99. The van der Waals surface area contributed by atoms with Crippen LogP contribution in [0, 0.1) is 0 Å². The second-order valence-electron chi connectivity index (χ2n) is 2.97. The Bertz CT molecular complexity index is 485. The predicted octanol–water partition coefficient (Wildman–Crippen LogP) is 2.56. The monoisotopic (exact) mass is 172 g/mol. The van der Waals surface area contributed by atoms with Crippen LogP contribution in [0.25, 0.3) is 11.0 Å². The first kappa shape index (κ1) is 6.71. The fourth-order valence-electron chi connectivity index (χ4n) is 1.57. The Balaban J connectivity index is 2.41. The first-order valence-electron chi connectivity index (χ1n) is 4.23. The van der Waals surface area contributed by atoms with Crippen molar-refractivity contribution in [1.82, 2.24) is 0 Å². The van der Waals surface area contributed by atoms with Gasteiger partial charge in [-0.05, 0) is 12.1 Å². The zero-order chi connectivity index (χ0) is 8.67. The van der Waals surface area contributed by atoms with Gasteiger partial charge in [0.1, 0.15) is 11.3 Å². The number of hydrogen-bond acceptors (Lipinski definition) is 3. The number of benzene rings is 1. The van der Waals surface area contributed by atoms with Gasteiger partial charge in [0, 0.05) is 11.6 Å². The average Bonchev–Trinajstić information content (AvgIpc) is 2.56. The van der Waals surface area contributed by atoms with Crippen LogP contribution in [0.15, 0.2) is 33.7 Å². The molecule has 3 heteroatoms. The normalized spacial score (nSPS) is 14.2. The quantitative estimate of drug-likeness (QED) is 0.663. The van der Waals surface area contributed by atoms with Crippen LogP contribution in [0.2, 0.25) is 0 Å². The van der Waals surface area contributed by atoms with Gasteiger partial charge in [-0.3, -0.25) is 0 Å². The van der Waals surface area contributed by atoms with E-state index in [0.29, 0.717) is 5.88 Å². The highest BCUT2D eigenvalue weighted by Gasteiger charge is 2.13. The SMILES string of the molecule is C1=Nc2oc3ccccc3c2NC1. The number of fused-ring (bicyclic) bond motifs is 3. The Morgan fingerprint density at radius 1 is 1.31 bits per heavy atom. The first-order chi connectivity index (χ1) is 6.45. The van der Waals surface area contributed by atoms with Crippen LogP contribution in [-0.2, 0) is 0 Å². The van der Waals surface area contributed by atoms with E-state index in [1.165, 1.54) is 0 Å². The molecular formula is C10H8N2O. The second kappa shape index (κ2) is 2.36. The second-order valence-corrected chi connectivity index (χ2v) is 2.97. The molecule has 0 bridgehead atoms. The molecule has 1 N–H and O–H groups in total. The lowest BCUT2D eigenvalue weighted by atomic mass is 10.2. The number of nitrogens with zero attached hydrogens (tertiary/aromatic N) is 1. The van der Waals surface area contributed by atoms with Gasteiger partial charge >= 0.3 is 0 Å². The number of hydrogen-bond donors (Lipinski definition) is 1. The zero-order valence-corrected chi connectivity index (χ0v) is 6.95. The van der Waals surface area contributed by atoms with Gasteiger partial charge in [0.05, 0.1) is 6.54 Å². The van der Waals surface area contributed by atoms with E-state index in [0.717, 1.165) is 23.2 Å². The van der Waals surface area contributed by atoms with E-state index in [-0.39, 0.29) is 0 Å². The van der Waals surface area contributed by atoms with E-state index in [9.17, 15) is 0 Å². The highest BCUT2D eigenvalue weighted by Crippen LogP contribution is 2.37. The summed E-state index contributed by atoms with van der Waals surface area (Å²) >= 11 is 0. The molecule has 3 nitrogen and oxygen atoms in total. The van der Waals surface area contributed by atoms with Gasteiger partial charge in [0.2, 0.25) is 5.88 Å². The molecule has 0 radical (unpaired) electrons. The molecule has 2 aromatic rings. The lowest BCUT2D eigenvalue weighted by Gasteiger charge is -2.04. The molecule has 0 spiro atoms. The van der Waals surface area contributed by atoms with Crippen molar-refractivity contribution in [3.8, 4) is 0 Å². The molecule has 1 aromatic heterocycles. The molecule has 0 atom stereocenters. The summed E-state index contributed by atoms with van der Waals surface area (Å²) < 4.78 is 5.53. The van der Waals surface area contributed by atoms with E-state index in [2.05, 4.69) is 10.3 Å². The molecule has 0 saturated heterocycles.